The van der Waals surface area contributed by atoms with Crippen LogP contribution in [0.3, 0.4) is 0 Å². The minimum atomic E-state index is -0.434. The topological polar surface area (TPSA) is 138 Å². The molecule has 2 aromatic heterocycles. The van der Waals surface area contributed by atoms with Gasteiger partial charge in [-0.05, 0) is 42.8 Å². The molecule has 0 aliphatic heterocycles. The molecule has 3 aromatic rings. The number of rotatable bonds is 4. The van der Waals surface area contributed by atoms with E-state index in [1.165, 1.54) is 16.8 Å². The molecule has 1 amide bonds. The van der Waals surface area contributed by atoms with E-state index in [9.17, 15) is 9.59 Å². The number of nitrogen functional groups attached to an aromatic ring is 1. The molecule has 0 aliphatic rings. The quantitative estimate of drug-likeness (QED) is 0.466. The fourth-order valence-corrected chi connectivity index (χ4v) is 2.81. The molecule has 8 nitrogen and oxygen atoms in total. The second kappa shape index (κ2) is 7.78. The first-order valence-electron chi connectivity index (χ1n) is 8.63. The van der Waals surface area contributed by atoms with Gasteiger partial charge in [0.15, 0.2) is 0 Å². The summed E-state index contributed by atoms with van der Waals surface area (Å²) in [7, 11) is 1.60. The highest BCUT2D eigenvalue weighted by atomic mass is 16.2. The Morgan fingerprint density at radius 2 is 2.03 bits per heavy atom. The van der Waals surface area contributed by atoms with Crippen molar-refractivity contribution in [2.24, 2.45) is 7.05 Å². The summed E-state index contributed by atoms with van der Waals surface area (Å²) in [6.45, 7) is 1.70. The maximum atomic E-state index is 12.6. The molecule has 8 heteroatoms. The zero-order valence-corrected chi connectivity index (χ0v) is 15.9. The van der Waals surface area contributed by atoms with Crippen molar-refractivity contribution in [3.8, 4) is 6.07 Å². The Labute approximate surface area is 166 Å². The molecular formula is C21H18N6O2. The van der Waals surface area contributed by atoms with Crippen LogP contribution in [0.5, 0.6) is 0 Å². The van der Waals surface area contributed by atoms with Gasteiger partial charge in [0.25, 0.3) is 5.91 Å². The molecule has 1 aromatic carbocycles. The Hall–Kier alpha value is -4.25. The minimum Gasteiger partial charge on any atom is -0.398 e. The lowest BCUT2D eigenvalue weighted by molar-refractivity contribution is 0.102. The highest BCUT2D eigenvalue weighted by molar-refractivity contribution is 6.14. The Morgan fingerprint density at radius 1 is 1.28 bits per heavy atom. The molecule has 0 unspecified atom stereocenters. The van der Waals surface area contributed by atoms with Crippen molar-refractivity contribution in [1.82, 2.24) is 9.55 Å². The molecule has 0 aliphatic carbocycles. The van der Waals surface area contributed by atoms with E-state index in [-0.39, 0.29) is 17.0 Å². The molecule has 3 rings (SSSR count). The van der Waals surface area contributed by atoms with Crippen molar-refractivity contribution in [1.29, 1.82) is 10.7 Å². The van der Waals surface area contributed by atoms with Crippen LogP contribution in [0.15, 0.2) is 53.6 Å². The molecule has 0 spiro atoms. The van der Waals surface area contributed by atoms with Crippen molar-refractivity contribution in [3.05, 3.63) is 87.1 Å². The van der Waals surface area contributed by atoms with Gasteiger partial charge < -0.3 is 15.6 Å². The van der Waals surface area contributed by atoms with Crippen LogP contribution in [0, 0.1) is 23.7 Å². The number of carbonyl (C=O) groups excluding carboxylic acids is 1. The number of nitrogens with one attached hydrogen (secondary N) is 2. The second-order valence-corrected chi connectivity index (χ2v) is 6.50. The molecule has 0 saturated carbocycles. The Morgan fingerprint density at radius 3 is 2.69 bits per heavy atom. The van der Waals surface area contributed by atoms with Crippen LogP contribution in [0.4, 0.5) is 11.4 Å². The first kappa shape index (κ1) is 19.5. The zero-order chi connectivity index (χ0) is 21.1. The third-order valence-electron chi connectivity index (χ3n) is 4.38. The number of pyridine rings is 2. The minimum absolute atomic E-state index is 0.127. The van der Waals surface area contributed by atoms with E-state index in [0.29, 0.717) is 33.6 Å². The van der Waals surface area contributed by atoms with E-state index in [2.05, 4.69) is 10.3 Å². The summed E-state index contributed by atoms with van der Waals surface area (Å²) in [4.78, 5) is 28.2. The Kier molecular flexibility index (Phi) is 5.23. The molecule has 29 heavy (non-hydrogen) atoms. The standard InChI is InChI=1S/C21H18N6O2/c1-12-7-13(9-22)10-25-20(12)21(29)26-15-4-5-17(23)16(8-15)19(24)14-3-6-18(28)27(2)11-14/h3-8,10-11,24H,23H2,1-2H3,(H,26,29). The van der Waals surface area contributed by atoms with Crippen molar-refractivity contribution in [2.75, 3.05) is 11.1 Å². The fourth-order valence-electron chi connectivity index (χ4n) is 2.81. The highest BCUT2D eigenvalue weighted by Gasteiger charge is 2.15. The number of benzene rings is 1. The number of nitrogens with two attached hydrogens (primary N) is 1. The molecular weight excluding hydrogens is 368 g/mol. The molecule has 0 saturated heterocycles. The number of nitrogens with zero attached hydrogens (tertiary/aromatic N) is 3. The van der Waals surface area contributed by atoms with Gasteiger partial charge in [0.1, 0.15) is 11.8 Å². The third kappa shape index (κ3) is 4.04. The van der Waals surface area contributed by atoms with Crippen LogP contribution in [-0.4, -0.2) is 21.2 Å². The third-order valence-corrected chi connectivity index (χ3v) is 4.38. The van der Waals surface area contributed by atoms with Gasteiger partial charge in [0, 0.05) is 48.0 Å². The highest BCUT2D eigenvalue weighted by Crippen LogP contribution is 2.22. The summed E-state index contributed by atoms with van der Waals surface area (Å²) in [5, 5.41) is 20.1. The SMILES string of the molecule is Cc1cc(C#N)cnc1C(=O)Nc1ccc(N)c(C(=N)c2ccc(=O)n(C)c2)c1. The van der Waals surface area contributed by atoms with Crippen molar-refractivity contribution in [3.63, 3.8) is 0 Å². The normalized spacial score (nSPS) is 10.2. The molecule has 0 bridgehead atoms. The van der Waals surface area contributed by atoms with Crippen LogP contribution < -0.4 is 16.6 Å². The second-order valence-electron chi connectivity index (χ2n) is 6.50. The summed E-state index contributed by atoms with van der Waals surface area (Å²) in [5.41, 5.74) is 8.89. The number of aromatic nitrogens is 2. The van der Waals surface area contributed by atoms with Crippen molar-refractivity contribution in [2.45, 2.75) is 6.92 Å². The lowest BCUT2D eigenvalue weighted by atomic mass is 10.0. The van der Waals surface area contributed by atoms with Gasteiger partial charge >= 0.3 is 0 Å². The molecule has 144 valence electrons. The molecule has 0 radical (unpaired) electrons. The molecule has 4 N–H and O–H groups in total. The first-order valence-corrected chi connectivity index (χ1v) is 8.63. The van der Waals surface area contributed by atoms with Crippen LogP contribution in [-0.2, 0) is 7.05 Å². The van der Waals surface area contributed by atoms with Crippen LogP contribution >= 0.6 is 0 Å². The van der Waals surface area contributed by atoms with Crippen LogP contribution in [0.25, 0.3) is 0 Å². The number of nitriles is 1. The summed E-state index contributed by atoms with van der Waals surface area (Å²) >= 11 is 0. The van der Waals surface area contributed by atoms with Gasteiger partial charge in [0.05, 0.1) is 11.3 Å². The smallest absolute Gasteiger partial charge is 0.274 e. The summed E-state index contributed by atoms with van der Waals surface area (Å²) in [6.07, 6.45) is 2.89. The Bertz CT molecular complexity index is 1240. The average molecular weight is 386 g/mol. The van der Waals surface area contributed by atoms with Crippen LogP contribution in [0.2, 0.25) is 0 Å². The summed E-state index contributed by atoms with van der Waals surface area (Å²) in [5.74, 6) is -0.434. The van der Waals surface area contributed by atoms with E-state index in [1.54, 1.807) is 50.5 Å². The summed E-state index contributed by atoms with van der Waals surface area (Å²) < 4.78 is 1.38. The molecule has 2 heterocycles. The van der Waals surface area contributed by atoms with Gasteiger partial charge in [-0.2, -0.15) is 5.26 Å². The number of anilines is 2. The number of amides is 1. The van der Waals surface area contributed by atoms with Crippen molar-refractivity contribution < 1.29 is 4.79 Å². The van der Waals surface area contributed by atoms with Gasteiger partial charge in [-0.15, -0.1) is 0 Å². The van der Waals surface area contributed by atoms with E-state index >= 15 is 0 Å². The van der Waals surface area contributed by atoms with Crippen molar-refractivity contribution >= 4 is 23.0 Å². The molecule has 0 atom stereocenters. The Balaban J connectivity index is 1.90. The first-order chi connectivity index (χ1) is 13.8. The zero-order valence-electron chi connectivity index (χ0n) is 15.9. The monoisotopic (exact) mass is 386 g/mol. The largest absolute Gasteiger partial charge is 0.398 e. The maximum Gasteiger partial charge on any atom is 0.274 e. The van der Waals surface area contributed by atoms with E-state index < -0.39 is 5.91 Å². The lowest BCUT2D eigenvalue weighted by Gasteiger charge is -2.12. The van der Waals surface area contributed by atoms with E-state index in [4.69, 9.17) is 16.4 Å². The molecule has 0 fully saturated rings. The van der Waals surface area contributed by atoms with Gasteiger partial charge in [0.2, 0.25) is 5.56 Å². The van der Waals surface area contributed by atoms with Gasteiger partial charge in [-0.25, -0.2) is 4.98 Å². The van der Waals surface area contributed by atoms with Gasteiger partial charge in [-0.3, -0.25) is 15.0 Å². The predicted molar refractivity (Wildman–Crippen MR) is 110 cm³/mol. The van der Waals surface area contributed by atoms with Gasteiger partial charge in [-0.1, -0.05) is 0 Å². The predicted octanol–water partition coefficient (Wildman–Crippen LogP) is 2.21. The lowest BCUT2D eigenvalue weighted by Crippen LogP contribution is -2.18. The van der Waals surface area contributed by atoms with Crippen LogP contribution in [0.1, 0.15) is 32.7 Å². The number of aryl methyl sites for hydroxylation is 2. The number of hydrogen-bond donors (Lipinski definition) is 3. The average Bonchev–Trinajstić information content (AvgIpc) is 2.70. The van der Waals surface area contributed by atoms with E-state index in [1.807, 2.05) is 6.07 Å². The fraction of sp³-hybridized carbons (Fsp3) is 0.0952. The summed E-state index contributed by atoms with van der Waals surface area (Å²) in [6, 6.07) is 11.3. The maximum absolute atomic E-state index is 12.6. The number of hydrogen-bond acceptors (Lipinski definition) is 6. The van der Waals surface area contributed by atoms with E-state index in [0.717, 1.165) is 0 Å². The number of carbonyl (C=O) groups is 1.